The number of ether oxygens (including phenoxy) is 1. The van der Waals surface area contributed by atoms with Crippen LogP contribution >= 0.6 is 0 Å². The average Bonchev–Trinajstić information content (AvgIpc) is 2.93. The highest BCUT2D eigenvalue weighted by Gasteiger charge is 2.53. The van der Waals surface area contributed by atoms with E-state index < -0.39 is 43.1 Å². The normalized spacial score (nSPS) is 21.1. The lowest BCUT2D eigenvalue weighted by Crippen LogP contribution is -2.35. The number of carboxylic acid groups (broad SMARTS) is 1. The van der Waals surface area contributed by atoms with Crippen molar-refractivity contribution < 1.29 is 32.6 Å². The molecule has 2 N–H and O–H groups in total. The second kappa shape index (κ2) is 6.35. The molecule has 9 heteroatoms. The Hall–Kier alpha value is -2.45. The van der Waals surface area contributed by atoms with Crippen molar-refractivity contribution in [1.82, 2.24) is 4.90 Å². The van der Waals surface area contributed by atoms with Gasteiger partial charge >= 0.3 is 18.2 Å². The van der Waals surface area contributed by atoms with Crippen LogP contribution in [0.15, 0.2) is 24.3 Å². The second-order valence-electron chi connectivity index (χ2n) is 5.16. The lowest BCUT2D eigenvalue weighted by atomic mass is 9.96. The number of halogens is 3. The third-order valence-electron chi connectivity index (χ3n) is 3.67. The van der Waals surface area contributed by atoms with Gasteiger partial charge in [-0.3, -0.25) is 4.79 Å². The minimum absolute atomic E-state index is 0.344. The summed E-state index contributed by atoms with van der Waals surface area (Å²) in [5.74, 6) is -4.83. The van der Waals surface area contributed by atoms with E-state index in [9.17, 15) is 22.8 Å². The molecule has 2 amide bonds. The van der Waals surface area contributed by atoms with E-state index in [1.807, 2.05) is 0 Å². The summed E-state index contributed by atoms with van der Waals surface area (Å²) in [7, 11) is 1.44. The van der Waals surface area contributed by atoms with E-state index in [1.54, 1.807) is 18.2 Å². The van der Waals surface area contributed by atoms with Gasteiger partial charge in [-0.25, -0.2) is 4.79 Å². The summed E-state index contributed by atoms with van der Waals surface area (Å²) in [6.07, 6.45) is -4.67. The van der Waals surface area contributed by atoms with Gasteiger partial charge in [0, 0.05) is 24.8 Å². The van der Waals surface area contributed by atoms with Crippen LogP contribution in [0.3, 0.4) is 0 Å². The monoisotopic (exact) mass is 332 g/mol. The van der Waals surface area contributed by atoms with Gasteiger partial charge in [-0.1, -0.05) is 6.07 Å². The molecule has 0 radical (unpaired) electrons. The summed E-state index contributed by atoms with van der Waals surface area (Å²) in [6.45, 7) is -1.18. The van der Waals surface area contributed by atoms with Gasteiger partial charge in [0.25, 0.3) is 0 Å². The fourth-order valence-electron chi connectivity index (χ4n) is 2.45. The average molecular weight is 332 g/mol. The van der Waals surface area contributed by atoms with Gasteiger partial charge in [-0.2, -0.15) is 13.2 Å². The summed E-state index contributed by atoms with van der Waals surface area (Å²) in [4.78, 5) is 23.9. The number of carboxylic acids is 1. The quantitative estimate of drug-likeness (QED) is 0.891. The van der Waals surface area contributed by atoms with E-state index in [4.69, 9.17) is 9.84 Å². The summed E-state index contributed by atoms with van der Waals surface area (Å²) in [5.41, 5.74) is 0.344. The molecule has 0 unspecified atom stereocenters. The van der Waals surface area contributed by atoms with Crippen molar-refractivity contribution in [2.75, 3.05) is 25.5 Å². The number of alkyl halides is 3. The number of amides is 2. The molecule has 1 saturated heterocycles. The summed E-state index contributed by atoms with van der Waals surface area (Å²) in [5, 5.41) is 11.4. The van der Waals surface area contributed by atoms with E-state index in [-0.39, 0.29) is 0 Å². The molecule has 23 heavy (non-hydrogen) atoms. The number of likely N-dealkylation sites (tertiary alicyclic amines) is 1. The Morgan fingerprint density at radius 3 is 2.57 bits per heavy atom. The first-order valence-electron chi connectivity index (χ1n) is 6.72. The van der Waals surface area contributed by atoms with Gasteiger partial charge < -0.3 is 20.1 Å². The van der Waals surface area contributed by atoms with Gasteiger partial charge in [0.15, 0.2) is 0 Å². The molecule has 1 aromatic rings. The first kappa shape index (κ1) is 16.9. The Bertz CT molecular complexity index is 606. The van der Waals surface area contributed by atoms with Crippen LogP contribution in [0.5, 0.6) is 5.75 Å². The van der Waals surface area contributed by atoms with Crippen LogP contribution in [0.25, 0.3) is 0 Å². The Morgan fingerprint density at radius 1 is 1.35 bits per heavy atom. The number of carbonyl (C=O) groups excluding carboxylic acids is 1. The van der Waals surface area contributed by atoms with Gasteiger partial charge in [-0.15, -0.1) is 0 Å². The molecule has 0 aromatic heterocycles. The van der Waals surface area contributed by atoms with Crippen LogP contribution in [0.4, 0.5) is 23.7 Å². The molecule has 1 aliphatic heterocycles. The third-order valence-corrected chi connectivity index (χ3v) is 3.67. The molecule has 2 atom stereocenters. The lowest BCUT2D eigenvalue weighted by molar-refractivity contribution is -0.187. The van der Waals surface area contributed by atoms with Crippen LogP contribution in [0.1, 0.15) is 0 Å². The molecule has 6 nitrogen and oxygen atoms in total. The smallest absolute Gasteiger partial charge is 0.394 e. The Kier molecular flexibility index (Phi) is 4.67. The topological polar surface area (TPSA) is 78.9 Å². The Balaban J connectivity index is 2.09. The number of hydrogen-bond donors (Lipinski definition) is 2. The zero-order chi connectivity index (χ0) is 17.2. The van der Waals surface area contributed by atoms with Gasteiger partial charge in [0.1, 0.15) is 5.75 Å². The third kappa shape index (κ3) is 3.85. The fraction of sp³-hybridized carbons (Fsp3) is 0.429. The highest BCUT2D eigenvalue weighted by Crippen LogP contribution is 2.37. The second-order valence-corrected chi connectivity index (χ2v) is 5.16. The Morgan fingerprint density at radius 2 is 2.04 bits per heavy atom. The molecule has 0 saturated carbocycles. The number of anilines is 1. The number of carbonyl (C=O) groups is 2. The highest BCUT2D eigenvalue weighted by atomic mass is 19.4. The van der Waals surface area contributed by atoms with Crippen molar-refractivity contribution in [2.24, 2.45) is 11.8 Å². The van der Waals surface area contributed by atoms with E-state index in [0.717, 1.165) is 4.90 Å². The number of methoxy groups -OCH3 is 1. The van der Waals surface area contributed by atoms with Gasteiger partial charge in [0.2, 0.25) is 0 Å². The first-order chi connectivity index (χ1) is 10.7. The van der Waals surface area contributed by atoms with Crippen LogP contribution in [-0.2, 0) is 4.79 Å². The van der Waals surface area contributed by atoms with Crippen LogP contribution in [0, 0.1) is 11.8 Å². The minimum atomic E-state index is -4.67. The van der Waals surface area contributed by atoms with E-state index in [1.165, 1.54) is 13.2 Å². The van der Waals surface area contributed by atoms with Crippen molar-refractivity contribution in [3.8, 4) is 5.75 Å². The van der Waals surface area contributed by atoms with Crippen LogP contribution < -0.4 is 10.1 Å². The van der Waals surface area contributed by atoms with E-state index in [0.29, 0.717) is 11.4 Å². The Labute approximate surface area is 129 Å². The van der Waals surface area contributed by atoms with Gasteiger partial charge in [-0.05, 0) is 12.1 Å². The maximum Gasteiger partial charge on any atom is 0.394 e. The molecule has 1 heterocycles. The van der Waals surface area contributed by atoms with Crippen molar-refractivity contribution in [3.63, 3.8) is 0 Å². The van der Waals surface area contributed by atoms with Gasteiger partial charge in [0.05, 0.1) is 18.9 Å². The van der Waals surface area contributed by atoms with Crippen molar-refractivity contribution >= 4 is 17.7 Å². The summed E-state index contributed by atoms with van der Waals surface area (Å²) >= 11 is 0. The number of aliphatic carboxylic acids is 1. The highest BCUT2D eigenvalue weighted by molar-refractivity contribution is 5.90. The van der Waals surface area contributed by atoms with E-state index >= 15 is 0 Å². The van der Waals surface area contributed by atoms with Crippen molar-refractivity contribution in [2.45, 2.75) is 6.18 Å². The predicted molar refractivity (Wildman–Crippen MR) is 74.3 cm³/mol. The molecule has 0 spiro atoms. The zero-order valence-corrected chi connectivity index (χ0v) is 12.1. The number of nitrogens with zero attached hydrogens (tertiary/aromatic N) is 1. The maximum atomic E-state index is 12.9. The molecule has 0 bridgehead atoms. The molecule has 1 fully saturated rings. The molecular formula is C14H15F3N2O4. The lowest BCUT2D eigenvalue weighted by Gasteiger charge is -2.18. The number of hydrogen-bond acceptors (Lipinski definition) is 3. The van der Waals surface area contributed by atoms with E-state index in [2.05, 4.69) is 5.32 Å². The number of rotatable bonds is 3. The maximum absolute atomic E-state index is 12.9. The number of urea groups is 1. The molecule has 0 aliphatic carbocycles. The van der Waals surface area contributed by atoms with Crippen LogP contribution in [-0.4, -0.2) is 48.4 Å². The standard InChI is InChI=1S/C14H15F3N2O4/c1-23-9-4-2-3-8(5-9)18-13(22)19-6-10(12(20)21)11(7-19)14(15,16)17/h2-5,10-11H,6-7H2,1H3,(H,18,22)(H,20,21)/t10-,11-/m1/s1. The fourth-order valence-corrected chi connectivity index (χ4v) is 2.45. The minimum Gasteiger partial charge on any atom is -0.497 e. The largest absolute Gasteiger partial charge is 0.497 e. The van der Waals surface area contributed by atoms with Crippen LogP contribution in [0.2, 0.25) is 0 Å². The number of nitrogens with one attached hydrogen (secondary N) is 1. The first-order valence-corrected chi connectivity index (χ1v) is 6.72. The molecule has 1 aliphatic rings. The summed E-state index contributed by atoms with van der Waals surface area (Å²) < 4.78 is 43.7. The molecule has 1 aromatic carbocycles. The molecule has 2 rings (SSSR count). The molecule has 126 valence electrons. The molecular weight excluding hydrogens is 317 g/mol. The SMILES string of the molecule is COc1cccc(NC(=O)N2C[C@@H](C(F)(F)F)[C@H](C(=O)O)C2)c1. The zero-order valence-electron chi connectivity index (χ0n) is 12.1. The van der Waals surface area contributed by atoms with Crippen molar-refractivity contribution in [1.29, 1.82) is 0 Å². The summed E-state index contributed by atoms with van der Waals surface area (Å²) in [6, 6.07) is 5.52. The predicted octanol–water partition coefficient (Wildman–Crippen LogP) is 2.42. The number of benzene rings is 1. The van der Waals surface area contributed by atoms with Crippen molar-refractivity contribution in [3.05, 3.63) is 24.3 Å².